The molecule has 0 aliphatic rings. The SMILES string of the molecule is CC(C)c1nnsc1C(=O)Nc1ncc(C=CC(=O)O)s1. The summed E-state index contributed by atoms with van der Waals surface area (Å²) in [5.74, 6) is -1.24. The third-order valence-corrected chi connectivity index (χ3v) is 4.02. The molecule has 2 rings (SSSR count). The van der Waals surface area contributed by atoms with Gasteiger partial charge in [0.05, 0.1) is 5.69 Å². The van der Waals surface area contributed by atoms with Crippen LogP contribution in [0.15, 0.2) is 12.3 Å². The summed E-state index contributed by atoms with van der Waals surface area (Å²) in [5.41, 5.74) is 0.653. The number of carbonyl (C=O) groups excluding carboxylic acids is 1. The van der Waals surface area contributed by atoms with Crippen molar-refractivity contribution >= 4 is 46.0 Å². The van der Waals surface area contributed by atoms with Crippen LogP contribution in [0, 0.1) is 0 Å². The van der Waals surface area contributed by atoms with Crippen molar-refractivity contribution in [1.29, 1.82) is 0 Å². The van der Waals surface area contributed by atoms with E-state index in [9.17, 15) is 9.59 Å². The fourth-order valence-electron chi connectivity index (χ4n) is 1.46. The number of carboxylic acids is 1. The number of rotatable bonds is 5. The highest BCUT2D eigenvalue weighted by Crippen LogP contribution is 2.23. The summed E-state index contributed by atoms with van der Waals surface area (Å²) in [6, 6.07) is 0. The lowest BCUT2D eigenvalue weighted by Gasteiger charge is -2.03. The second-order valence-electron chi connectivity index (χ2n) is 4.34. The van der Waals surface area contributed by atoms with Gasteiger partial charge in [-0.3, -0.25) is 10.1 Å². The molecule has 1 amide bonds. The second kappa shape index (κ2) is 6.55. The first kappa shape index (κ1) is 15.3. The van der Waals surface area contributed by atoms with Crippen molar-refractivity contribution in [2.45, 2.75) is 19.8 Å². The number of nitrogens with one attached hydrogen (secondary N) is 1. The lowest BCUT2D eigenvalue weighted by atomic mass is 10.1. The number of thiazole rings is 1. The lowest BCUT2D eigenvalue weighted by Crippen LogP contribution is -2.12. The Morgan fingerprint density at radius 3 is 2.86 bits per heavy atom. The molecule has 0 bridgehead atoms. The minimum absolute atomic E-state index is 0.106. The standard InChI is InChI=1S/C12H12N4O3S2/c1-6(2)9-10(21-16-15-9)11(19)14-12-13-5-7(20-12)3-4-8(17)18/h3-6H,1-2H3,(H,17,18)(H,13,14,19). The van der Waals surface area contributed by atoms with Crippen LogP contribution in [0.1, 0.15) is 40.0 Å². The van der Waals surface area contributed by atoms with Gasteiger partial charge < -0.3 is 5.11 Å². The maximum atomic E-state index is 12.1. The molecule has 2 aromatic heterocycles. The van der Waals surface area contributed by atoms with Crippen molar-refractivity contribution in [1.82, 2.24) is 14.6 Å². The number of hydrogen-bond donors (Lipinski definition) is 2. The van der Waals surface area contributed by atoms with E-state index >= 15 is 0 Å². The topological polar surface area (TPSA) is 105 Å². The van der Waals surface area contributed by atoms with Crippen LogP contribution in [-0.2, 0) is 4.79 Å². The summed E-state index contributed by atoms with van der Waals surface area (Å²) >= 11 is 2.22. The molecule has 7 nitrogen and oxygen atoms in total. The molecule has 0 saturated heterocycles. The van der Waals surface area contributed by atoms with Crippen LogP contribution in [0.2, 0.25) is 0 Å². The summed E-state index contributed by atoms with van der Waals surface area (Å²) < 4.78 is 3.80. The van der Waals surface area contributed by atoms with Crippen molar-refractivity contribution in [3.63, 3.8) is 0 Å². The number of aromatic nitrogens is 3. The molecular weight excluding hydrogens is 312 g/mol. The number of amides is 1. The van der Waals surface area contributed by atoms with Gasteiger partial charge in [0, 0.05) is 17.2 Å². The van der Waals surface area contributed by atoms with E-state index in [1.807, 2.05) is 13.8 Å². The molecule has 2 aromatic rings. The van der Waals surface area contributed by atoms with Gasteiger partial charge in [0.15, 0.2) is 5.13 Å². The van der Waals surface area contributed by atoms with Gasteiger partial charge in [-0.25, -0.2) is 9.78 Å². The van der Waals surface area contributed by atoms with Gasteiger partial charge >= 0.3 is 5.97 Å². The Bertz CT molecular complexity index is 690. The van der Waals surface area contributed by atoms with Gasteiger partial charge in [-0.05, 0) is 23.5 Å². The number of hydrogen-bond acceptors (Lipinski definition) is 7. The zero-order valence-electron chi connectivity index (χ0n) is 11.2. The number of aliphatic carboxylic acids is 1. The molecule has 0 aliphatic carbocycles. The molecule has 0 atom stereocenters. The molecule has 0 aromatic carbocycles. The third kappa shape index (κ3) is 3.92. The van der Waals surface area contributed by atoms with E-state index in [1.54, 1.807) is 0 Å². The first-order valence-corrected chi connectivity index (χ1v) is 7.56. The normalized spacial score (nSPS) is 11.2. The van der Waals surface area contributed by atoms with Crippen LogP contribution in [0.25, 0.3) is 6.08 Å². The van der Waals surface area contributed by atoms with Gasteiger partial charge in [-0.2, -0.15) is 0 Å². The molecule has 0 fully saturated rings. The van der Waals surface area contributed by atoms with Crippen molar-refractivity contribution < 1.29 is 14.7 Å². The molecule has 110 valence electrons. The zero-order valence-corrected chi connectivity index (χ0v) is 12.9. The van der Waals surface area contributed by atoms with Crippen LogP contribution >= 0.6 is 22.9 Å². The minimum atomic E-state index is -1.04. The lowest BCUT2D eigenvalue weighted by molar-refractivity contribution is -0.131. The van der Waals surface area contributed by atoms with Gasteiger partial charge in [-0.1, -0.05) is 29.7 Å². The monoisotopic (exact) mass is 324 g/mol. The van der Waals surface area contributed by atoms with Crippen LogP contribution in [0.3, 0.4) is 0 Å². The van der Waals surface area contributed by atoms with Gasteiger partial charge in [0.25, 0.3) is 5.91 Å². The first-order valence-electron chi connectivity index (χ1n) is 5.97. The van der Waals surface area contributed by atoms with Crippen molar-refractivity contribution in [2.75, 3.05) is 5.32 Å². The highest BCUT2D eigenvalue weighted by Gasteiger charge is 2.19. The molecule has 0 unspecified atom stereocenters. The number of carboxylic acid groups (broad SMARTS) is 1. The van der Waals surface area contributed by atoms with Gasteiger partial charge in [0.2, 0.25) is 0 Å². The fraction of sp³-hybridized carbons (Fsp3) is 0.250. The van der Waals surface area contributed by atoms with E-state index in [-0.39, 0.29) is 11.8 Å². The number of carbonyl (C=O) groups is 2. The Morgan fingerprint density at radius 1 is 1.43 bits per heavy atom. The minimum Gasteiger partial charge on any atom is -0.478 e. The largest absolute Gasteiger partial charge is 0.478 e. The molecule has 21 heavy (non-hydrogen) atoms. The molecule has 0 aliphatic heterocycles. The number of nitrogens with zero attached hydrogens (tertiary/aromatic N) is 3. The smallest absolute Gasteiger partial charge is 0.328 e. The molecule has 0 spiro atoms. The first-order chi connectivity index (χ1) is 9.97. The van der Waals surface area contributed by atoms with Crippen molar-refractivity contribution in [3.8, 4) is 0 Å². The van der Waals surface area contributed by atoms with Crippen molar-refractivity contribution in [2.24, 2.45) is 0 Å². The second-order valence-corrected chi connectivity index (χ2v) is 6.15. The zero-order chi connectivity index (χ0) is 15.4. The highest BCUT2D eigenvalue weighted by atomic mass is 32.1. The van der Waals surface area contributed by atoms with E-state index in [0.29, 0.717) is 20.6 Å². The Kier molecular flexibility index (Phi) is 4.76. The Labute approximate surface area is 128 Å². The van der Waals surface area contributed by atoms with Crippen LogP contribution in [0.5, 0.6) is 0 Å². The predicted molar refractivity (Wildman–Crippen MR) is 80.7 cm³/mol. The van der Waals surface area contributed by atoms with Gasteiger partial charge in [-0.15, -0.1) is 5.10 Å². The summed E-state index contributed by atoms with van der Waals surface area (Å²) in [6.45, 7) is 3.87. The molecule has 0 saturated carbocycles. The molecule has 0 radical (unpaired) electrons. The van der Waals surface area contributed by atoms with Crippen LogP contribution < -0.4 is 5.32 Å². The van der Waals surface area contributed by atoms with E-state index in [1.165, 1.54) is 23.6 Å². The summed E-state index contributed by atoms with van der Waals surface area (Å²) in [6.07, 6.45) is 3.93. The van der Waals surface area contributed by atoms with Crippen LogP contribution in [-0.4, -0.2) is 31.6 Å². The summed E-state index contributed by atoms with van der Waals surface area (Å²) in [7, 11) is 0. The maximum Gasteiger partial charge on any atom is 0.328 e. The van der Waals surface area contributed by atoms with E-state index in [4.69, 9.17) is 5.11 Å². The van der Waals surface area contributed by atoms with Crippen LogP contribution in [0.4, 0.5) is 5.13 Å². The van der Waals surface area contributed by atoms with Gasteiger partial charge in [0.1, 0.15) is 4.88 Å². The Morgan fingerprint density at radius 2 is 2.19 bits per heavy atom. The summed E-state index contributed by atoms with van der Waals surface area (Å²) in [4.78, 5) is 27.7. The third-order valence-electron chi connectivity index (χ3n) is 2.40. The maximum absolute atomic E-state index is 12.1. The molecule has 2 heterocycles. The average Bonchev–Trinajstić information content (AvgIpc) is 3.04. The van der Waals surface area contributed by atoms with E-state index in [2.05, 4.69) is 19.9 Å². The Hall–Kier alpha value is -2.13. The fourth-order valence-corrected chi connectivity index (χ4v) is 2.89. The molecular formula is C12H12N4O3S2. The average molecular weight is 324 g/mol. The molecule has 2 N–H and O–H groups in total. The summed E-state index contributed by atoms with van der Waals surface area (Å²) in [5, 5.41) is 15.6. The Balaban J connectivity index is 2.09. The van der Waals surface area contributed by atoms with E-state index < -0.39 is 5.97 Å². The highest BCUT2D eigenvalue weighted by molar-refractivity contribution is 7.16. The van der Waals surface area contributed by atoms with E-state index in [0.717, 1.165) is 17.6 Å². The molecule has 9 heteroatoms. The quantitative estimate of drug-likeness (QED) is 0.819. The number of anilines is 1. The van der Waals surface area contributed by atoms with Crippen molar-refractivity contribution in [3.05, 3.63) is 27.7 Å². The predicted octanol–water partition coefficient (Wildman–Crippen LogP) is 2.47.